The van der Waals surface area contributed by atoms with E-state index >= 15 is 0 Å². The SMILES string of the molecule is CCCNC(=O)CCCCCCCCCCCCCCCCCCC(=O)O. The molecule has 0 saturated carbocycles. The Kier molecular flexibility index (Phi) is 20.4. The van der Waals surface area contributed by atoms with Gasteiger partial charge in [0.2, 0.25) is 5.91 Å². The molecule has 1 amide bonds. The van der Waals surface area contributed by atoms with E-state index in [1.807, 2.05) is 0 Å². The molecule has 0 spiro atoms. The second-order valence-corrected chi connectivity index (χ2v) is 7.90. The van der Waals surface area contributed by atoms with Gasteiger partial charge in [-0.05, 0) is 19.3 Å². The number of carbonyl (C=O) groups excluding carboxylic acids is 1. The van der Waals surface area contributed by atoms with Crippen molar-refractivity contribution >= 4 is 11.9 Å². The fourth-order valence-electron chi connectivity index (χ4n) is 3.39. The lowest BCUT2D eigenvalue weighted by atomic mass is 10.0. The highest BCUT2D eigenvalue weighted by molar-refractivity contribution is 5.75. The van der Waals surface area contributed by atoms with Gasteiger partial charge in [-0.3, -0.25) is 9.59 Å². The van der Waals surface area contributed by atoms with Gasteiger partial charge >= 0.3 is 5.97 Å². The minimum Gasteiger partial charge on any atom is -0.481 e. The molecule has 4 nitrogen and oxygen atoms in total. The highest BCUT2D eigenvalue weighted by Gasteiger charge is 2.00. The van der Waals surface area contributed by atoms with Crippen LogP contribution in [0.25, 0.3) is 0 Å². The number of aliphatic carboxylic acids is 1. The topological polar surface area (TPSA) is 66.4 Å². The maximum absolute atomic E-state index is 11.5. The Morgan fingerprint density at radius 1 is 0.593 bits per heavy atom. The highest BCUT2D eigenvalue weighted by atomic mass is 16.4. The Labute approximate surface area is 167 Å². The number of carbonyl (C=O) groups is 2. The van der Waals surface area contributed by atoms with Crippen LogP contribution in [0.1, 0.15) is 129 Å². The van der Waals surface area contributed by atoms with Gasteiger partial charge in [-0.2, -0.15) is 0 Å². The summed E-state index contributed by atoms with van der Waals surface area (Å²) in [6.07, 6.45) is 22.0. The van der Waals surface area contributed by atoms with E-state index in [0.29, 0.717) is 12.8 Å². The van der Waals surface area contributed by atoms with Gasteiger partial charge in [0.1, 0.15) is 0 Å². The molecule has 0 aliphatic heterocycles. The van der Waals surface area contributed by atoms with Gasteiger partial charge in [-0.1, -0.05) is 96.8 Å². The summed E-state index contributed by atoms with van der Waals surface area (Å²) in [7, 11) is 0. The zero-order valence-electron chi connectivity index (χ0n) is 17.9. The Morgan fingerprint density at radius 2 is 0.926 bits per heavy atom. The smallest absolute Gasteiger partial charge is 0.303 e. The zero-order chi connectivity index (χ0) is 20.0. The molecule has 0 rings (SSSR count). The van der Waals surface area contributed by atoms with Crippen molar-refractivity contribution in [1.29, 1.82) is 0 Å². The Bertz CT molecular complexity index is 345. The molecule has 0 aliphatic rings. The van der Waals surface area contributed by atoms with Gasteiger partial charge in [0.05, 0.1) is 0 Å². The van der Waals surface area contributed by atoms with E-state index in [1.165, 1.54) is 83.5 Å². The van der Waals surface area contributed by atoms with Crippen LogP contribution >= 0.6 is 0 Å². The third-order valence-electron chi connectivity index (χ3n) is 5.12. The first-order chi connectivity index (χ1) is 13.2. The third kappa shape index (κ3) is 22.9. The molecule has 0 heterocycles. The summed E-state index contributed by atoms with van der Waals surface area (Å²) in [5.74, 6) is -0.447. The molecular weight excluding hydrogens is 338 g/mol. The van der Waals surface area contributed by atoms with Gasteiger partial charge in [0.25, 0.3) is 0 Å². The number of hydrogen-bond donors (Lipinski definition) is 2. The van der Waals surface area contributed by atoms with E-state index in [4.69, 9.17) is 5.11 Å². The molecule has 0 atom stereocenters. The largest absolute Gasteiger partial charge is 0.481 e. The van der Waals surface area contributed by atoms with E-state index in [-0.39, 0.29) is 5.91 Å². The average Bonchev–Trinajstić information content (AvgIpc) is 2.65. The fourth-order valence-corrected chi connectivity index (χ4v) is 3.39. The van der Waals surface area contributed by atoms with Gasteiger partial charge in [0.15, 0.2) is 0 Å². The van der Waals surface area contributed by atoms with Crippen molar-refractivity contribution in [1.82, 2.24) is 5.32 Å². The molecule has 0 unspecified atom stereocenters. The van der Waals surface area contributed by atoms with E-state index in [2.05, 4.69) is 12.2 Å². The van der Waals surface area contributed by atoms with E-state index < -0.39 is 5.97 Å². The quantitative estimate of drug-likeness (QED) is 0.219. The van der Waals surface area contributed by atoms with Crippen LogP contribution in [0.2, 0.25) is 0 Å². The molecule has 0 aromatic heterocycles. The Hall–Kier alpha value is -1.06. The molecule has 0 fully saturated rings. The number of unbranched alkanes of at least 4 members (excludes halogenated alkanes) is 15. The number of amides is 1. The monoisotopic (exact) mass is 383 g/mol. The fraction of sp³-hybridized carbons (Fsp3) is 0.913. The first kappa shape index (κ1) is 25.9. The molecule has 0 radical (unpaired) electrons. The molecule has 4 heteroatoms. The van der Waals surface area contributed by atoms with Crippen LogP contribution in [0.5, 0.6) is 0 Å². The van der Waals surface area contributed by atoms with Crippen LogP contribution in [0.3, 0.4) is 0 Å². The molecular formula is C23H45NO3. The van der Waals surface area contributed by atoms with Crippen molar-refractivity contribution in [3.05, 3.63) is 0 Å². The third-order valence-corrected chi connectivity index (χ3v) is 5.12. The lowest BCUT2D eigenvalue weighted by molar-refractivity contribution is -0.137. The van der Waals surface area contributed by atoms with Crippen LogP contribution in [-0.4, -0.2) is 23.5 Å². The number of hydrogen-bond acceptors (Lipinski definition) is 2. The number of carboxylic acid groups (broad SMARTS) is 1. The van der Waals surface area contributed by atoms with E-state index in [1.54, 1.807) is 0 Å². The Balaban J connectivity index is 3.07. The van der Waals surface area contributed by atoms with Crippen molar-refractivity contribution in [3.63, 3.8) is 0 Å². The van der Waals surface area contributed by atoms with E-state index in [9.17, 15) is 9.59 Å². The number of rotatable bonds is 21. The standard InChI is InChI=1S/C23H45NO3/c1-2-21-24-22(25)19-17-15-13-11-9-7-5-3-4-6-8-10-12-14-16-18-20-23(26)27/h2-21H2,1H3,(H,24,25)(H,26,27). The highest BCUT2D eigenvalue weighted by Crippen LogP contribution is 2.14. The Morgan fingerprint density at radius 3 is 1.26 bits per heavy atom. The first-order valence-corrected chi connectivity index (χ1v) is 11.6. The summed E-state index contributed by atoms with van der Waals surface area (Å²) in [4.78, 5) is 21.9. The average molecular weight is 384 g/mol. The summed E-state index contributed by atoms with van der Waals surface area (Å²) in [5, 5.41) is 11.5. The van der Waals surface area contributed by atoms with Crippen molar-refractivity contribution in [2.24, 2.45) is 0 Å². The van der Waals surface area contributed by atoms with Crippen LogP contribution in [0.4, 0.5) is 0 Å². The molecule has 0 aliphatic carbocycles. The number of nitrogens with one attached hydrogen (secondary N) is 1. The normalized spacial score (nSPS) is 10.9. The predicted octanol–water partition coefficient (Wildman–Crippen LogP) is 6.62. The van der Waals surface area contributed by atoms with Gasteiger partial charge in [-0.15, -0.1) is 0 Å². The molecule has 0 aromatic rings. The zero-order valence-corrected chi connectivity index (χ0v) is 17.9. The van der Waals surface area contributed by atoms with Crippen molar-refractivity contribution in [2.45, 2.75) is 129 Å². The predicted molar refractivity (Wildman–Crippen MR) is 114 cm³/mol. The molecule has 0 bridgehead atoms. The van der Waals surface area contributed by atoms with Gasteiger partial charge in [-0.25, -0.2) is 0 Å². The van der Waals surface area contributed by atoms with Gasteiger partial charge in [0, 0.05) is 19.4 Å². The minimum absolute atomic E-state index is 0.218. The van der Waals surface area contributed by atoms with Crippen LogP contribution in [0, 0.1) is 0 Å². The van der Waals surface area contributed by atoms with E-state index in [0.717, 1.165) is 32.2 Å². The lowest BCUT2D eigenvalue weighted by Gasteiger charge is -2.04. The summed E-state index contributed by atoms with van der Waals surface area (Å²) >= 11 is 0. The molecule has 27 heavy (non-hydrogen) atoms. The summed E-state index contributed by atoms with van der Waals surface area (Å²) in [6, 6.07) is 0. The lowest BCUT2D eigenvalue weighted by Crippen LogP contribution is -2.23. The maximum Gasteiger partial charge on any atom is 0.303 e. The van der Waals surface area contributed by atoms with Crippen LogP contribution in [-0.2, 0) is 9.59 Å². The second-order valence-electron chi connectivity index (χ2n) is 7.90. The molecule has 160 valence electrons. The molecule has 2 N–H and O–H groups in total. The molecule has 0 saturated heterocycles. The van der Waals surface area contributed by atoms with Crippen molar-refractivity contribution < 1.29 is 14.7 Å². The maximum atomic E-state index is 11.5. The molecule has 0 aromatic carbocycles. The van der Waals surface area contributed by atoms with Gasteiger partial charge < -0.3 is 10.4 Å². The van der Waals surface area contributed by atoms with Crippen molar-refractivity contribution in [2.75, 3.05) is 6.54 Å². The van der Waals surface area contributed by atoms with Crippen LogP contribution < -0.4 is 5.32 Å². The number of carboxylic acids is 1. The summed E-state index contributed by atoms with van der Waals surface area (Å²) < 4.78 is 0. The first-order valence-electron chi connectivity index (χ1n) is 11.6. The van der Waals surface area contributed by atoms with Crippen molar-refractivity contribution in [3.8, 4) is 0 Å². The van der Waals surface area contributed by atoms with Crippen LogP contribution in [0.15, 0.2) is 0 Å². The second kappa shape index (κ2) is 21.2. The summed E-state index contributed by atoms with van der Waals surface area (Å²) in [5.41, 5.74) is 0. The minimum atomic E-state index is -0.665. The summed E-state index contributed by atoms with van der Waals surface area (Å²) in [6.45, 7) is 2.89.